The monoisotopic (exact) mass is 477 g/mol. The molecule has 0 fully saturated rings. The van der Waals surface area contributed by atoms with E-state index in [0.29, 0.717) is 23.4 Å². The number of carbonyl (C=O) groups excluding carboxylic acids is 3. The van der Waals surface area contributed by atoms with E-state index < -0.39 is 11.8 Å². The molecular formula is C21H24BrN3O5. The van der Waals surface area contributed by atoms with Crippen molar-refractivity contribution in [2.75, 3.05) is 20.3 Å². The van der Waals surface area contributed by atoms with Gasteiger partial charge in [-0.1, -0.05) is 46.3 Å². The second kappa shape index (κ2) is 12.6. The Labute approximate surface area is 183 Å². The summed E-state index contributed by atoms with van der Waals surface area (Å²) in [5, 5.41) is 2.74. The van der Waals surface area contributed by atoms with Gasteiger partial charge in [0.15, 0.2) is 0 Å². The molecule has 0 unspecified atom stereocenters. The number of nitrogens with one attached hydrogen (secondary N) is 3. The lowest BCUT2D eigenvalue weighted by molar-refractivity contribution is -0.126. The quantitative estimate of drug-likeness (QED) is 0.359. The van der Waals surface area contributed by atoms with E-state index in [0.717, 1.165) is 5.56 Å². The van der Waals surface area contributed by atoms with E-state index in [1.807, 2.05) is 30.3 Å². The fourth-order valence-electron chi connectivity index (χ4n) is 2.41. The van der Waals surface area contributed by atoms with Crippen molar-refractivity contribution in [2.45, 2.75) is 19.4 Å². The summed E-state index contributed by atoms with van der Waals surface area (Å²) >= 11 is 3.31. The van der Waals surface area contributed by atoms with E-state index in [9.17, 15) is 14.4 Å². The molecule has 0 aliphatic carbocycles. The van der Waals surface area contributed by atoms with Crippen LogP contribution in [0.25, 0.3) is 0 Å². The number of rotatable bonds is 10. The zero-order chi connectivity index (χ0) is 21.8. The van der Waals surface area contributed by atoms with Crippen LogP contribution < -0.4 is 20.9 Å². The number of amides is 3. The summed E-state index contributed by atoms with van der Waals surface area (Å²) in [6.45, 7) is 1.05. The Kier molecular flexibility index (Phi) is 9.82. The number of hydrogen-bond donors (Lipinski definition) is 3. The fraction of sp³-hybridized carbons (Fsp3) is 0.286. The van der Waals surface area contributed by atoms with Gasteiger partial charge in [-0.15, -0.1) is 0 Å². The van der Waals surface area contributed by atoms with Crippen LogP contribution >= 0.6 is 15.9 Å². The maximum Gasteiger partial charge on any atom is 0.273 e. The van der Waals surface area contributed by atoms with Crippen LogP contribution in [0, 0.1) is 0 Å². The minimum absolute atomic E-state index is 0.0107. The van der Waals surface area contributed by atoms with E-state index in [2.05, 4.69) is 32.1 Å². The molecule has 3 N–H and O–H groups in total. The summed E-state index contributed by atoms with van der Waals surface area (Å²) in [4.78, 5) is 36.2. The van der Waals surface area contributed by atoms with Gasteiger partial charge in [0.1, 0.15) is 12.4 Å². The van der Waals surface area contributed by atoms with E-state index >= 15 is 0 Å². The summed E-state index contributed by atoms with van der Waals surface area (Å²) < 4.78 is 11.1. The molecule has 0 radical (unpaired) electrons. The van der Waals surface area contributed by atoms with Crippen molar-refractivity contribution in [2.24, 2.45) is 0 Å². The molecule has 2 rings (SSSR count). The first kappa shape index (κ1) is 23.4. The maximum atomic E-state index is 12.4. The Bertz CT molecular complexity index is 861. The van der Waals surface area contributed by atoms with Gasteiger partial charge in [0, 0.05) is 31.0 Å². The van der Waals surface area contributed by atoms with Crippen molar-refractivity contribution >= 4 is 33.7 Å². The minimum Gasteiger partial charge on any atom is -0.490 e. The Balaban J connectivity index is 1.76. The maximum absolute atomic E-state index is 12.4. The highest BCUT2D eigenvalue weighted by Crippen LogP contribution is 2.23. The van der Waals surface area contributed by atoms with Gasteiger partial charge in [0.05, 0.1) is 12.2 Å². The number of carbonyl (C=O) groups is 3. The minimum atomic E-state index is -0.536. The molecule has 0 aliphatic heterocycles. The molecular weight excluding hydrogens is 454 g/mol. The number of halogens is 1. The Morgan fingerprint density at radius 3 is 2.40 bits per heavy atom. The molecule has 0 saturated carbocycles. The average molecular weight is 478 g/mol. The highest BCUT2D eigenvalue weighted by molar-refractivity contribution is 9.10. The van der Waals surface area contributed by atoms with Crippen molar-refractivity contribution in [1.29, 1.82) is 0 Å². The molecule has 160 valence electrons. The van der Waals surface area contributed by atoms with Crippen LogP contribution in [0.3, 0.4) is 0 Å². The number of ether oxygens (including phenoxy) is 2. The van der Waals surface area contributed by atoms with Crippen LogP contribution in [0.4, 0.5) is 0 Å². The number of benzene rings is 2. The number of methoxy groups -OCH3 is 1. The third kappa shape index (κ3) is 8.22. The summed E-state index contributed by atoms with van der Waals surface area (Å²) in [5.74, 6) is -0.899. The van der Waals surface area contributed by atoms with E-state index in [1.54, 1.807) is 25.3 Å². The number of hydrazine groups is 1. The second-order valence-electron chi connectivity index (χ2n) is 6.25. The zero-order valence-corrected chi connectivity index (χ0v) is 18.2. The van der Waals surface area contributed by atoms with Crippen molar-refractivity contribution in [3.05, 3.63) is 64.1 Å². The highest BCUT2D eigenvalue weighted by Gasteiger charge is 2.15. The predicted molar refractivity (Wildman–Crippen MR) is 115 cm³/mol. The first-order valence-corrected chi connectivity index (χ1v) is 10.1. The highest BCUT2D eigenvalue weighted by atomic mass is 79.9. The molecule has 9 heteroatoms. The van der Waals surface area contributed by atoms with Crippen LogP contribution in [0.5, 0.6) is 5.75 Å². The van der Waals surface area contributed by atoms with E-state index in [4.69, 9.17) is 9.47 Å². The lowest BCUT2D eigenvalue weighted by Gasteiger charge is -2.12. The van der Waals surface area contributed by atoms with Crippen molar-refractivity contribution < 1.29 is 23.9 Å². The van der Waals surface area contributed by atoms with Crippen molar-refractivity contribution in [1.82, 2.24) is 16.2 Å². The first-order chi connectivity index (χ1) is 14.5. The standard InChI is InChI=1S/C21H24BrN3O5/c1-29-11-12-30-18-8-7-16(22)13-17(18)21(28)25-24-20(27)10-9-19(26)23-14-15-5-3-2-4-6-15/h2-8,13H,9-12,14H2,1H3,(H,23,26)(H,24,27)(H,25,28). The molecule has 0 heterocycles. The molecule has 0 saturated heterocycles. The summed E-state index contributed by atoms with van der Waals surface area (Å²) in [6, 6.07) is 14.4. The third-order valence-corrected chi connectivity index (χ3v) is 4.45. The van der Waals surface area contributed by atoms with Gasteiger partial charge in [-0.25, -0.2) is 0 Å². The predicted octanol–water partition coefficient (Wildman–Crippen LogP) is 2.33. The molecule has 0 spiro atoms. The van der Waals surface area contributed by atoms with Crippen molar-refractivity contribution in [3.63, 3.8) is 0 Å². The summed E-state index contributed by atoms with van der Waals surface area (Å²) in [6.07, 6.45) is -0.0482. The molecule has 0 atom stereocenters. The molecule has 8 nitrogen and oxygen atoms in total. The van der Waals surface area contributed by atoms with Gasteiger partial charge in [-0.05, 0) is 23.8 Å². The molecule has 0 aromatic heterocycles. The Morgan fingerprint density at radius 1 is 0.933 bits per heavy atom. The van der Waals surface area contributed by atoms with Crippen LogP contribution in [-0.2, 0) is 20.9 Å². The third-order valence-electron chi connectivity index (χ3n) is 3.96. The molecule has 30 heavy (non-hydrogen) atoms. The van der Waals surface area contributed by atoms with E-state index in [-0.39, 0.29) is 30.9 Å². The smallest absolute Gasteiger partial charge is 0.273 e. The molecule has 0 bridgehead atoms. The molecule has 3 amide bonds. The summed E-state index contributed by atoms with van der Waals surface area (Å²) in [7, 11) is 1.55. The normalized spacial score (nSPS) is 10.2. The summed E-state index contributed by atoms with van der Waals surface area (Å²) in [5.41, 5.74) is 5.87. The van der Waals surface area contributed by atoms with Crippen molar-refractivity contribution in [3.8, 4) is 5.75 Å². The van der Waals surface area contributed by atoms with Crippen LogP contribution in [0.1, 0.15) is 28.8 Å². The van der Waals surface area contributed by atoms with Crippen LogP contribution in [0.15, 0.2) is 53.0 Å². The van der Waals surface area contributed by atoms with Gasteiger partial charge in [-0.3, -0.25) is 25.2 Å². The van der Waals surface area contributed by atoms with Crippen LogP contribution in [0.2, 0.25) is 0 Å². The Hall–Kier alpha value is -2.91. The topological polar surface area (TPSA) is 106 Å². The number of hydrogen-bond acceptors (Lipinski definition) is 5. The first-order valence-electron chi connectivity index (χ1n) is 9.30. The lowest BCUT2D eigenvalue weighted by atomic mass is 10.2. The van der Waals surface area contributed by atoms with Gasteiger partial charge in [0.2, 0.25) is 11.8 Å². The fourth-order valence-corrected chi connectivity index (χ4v) is 2.77. The molecule has 2 aromatic carbocycles. The second-order valence-corrected chi connectivity index (χ2v) is 7.16. The lowest BCUT2D eigenvalue weighted by Crippen LogP contribution is -2.42. The van der Waals surface area contributed by atoms with Gasteiger partial charge in [-0.2, -0.15) is 0 Å². The van der Waals surface area contributed by atoms with Crippen LogP contribution in [-0.4, -0.2) is 38.0 Å². The van der Waals surface area contributed by atoms with E-state index in [1.165, 1.54) is 0 Å². The molecule has 0 aliphatic rings. The Morgan fingerprint density at radius 2 is 1.67 bits per heavy atom. The SMILES string of the molecule is COCCOc1ccc(Br)cc1C(=O)NNC(=O)CCC(=O)NCc1ccccc1. The van der Waals surface area contributed by atoms with Gasteiger partial charge >= 0.3 is 0 Å². The van der Waals surface area contributed by atoms with Gasteiger partial charge in [0.25, 0.3) is 5.91 Å². The average Bonchev–Trinajstić information content (AvgIpc) is 2.76. The van der Waals surface area contributed by atoms with Gasteiger partial charge < -0.3 is 14.8 Å². The zero-order valence-electron chi connectivity index (χ0n) is 16.6. The molecule has 2 aromatic rings. The largest absolute Gasteiger partial charge is 0.490 e.